The van der Waals surface area contributed by atoms with Gasteiger partial charge in [0, 0.05) is 0 Å². The normalized spacial score (nSPS) is 10.7. The Morgan fingerprint density at radius 2 is 1.56 bits per heavy atom. The van der Waals surface area contributed by atoms with Crippen molar-refractivity contribution in [2.75, 3.05) is 0 Å². The van der Waals surface area contributed by atoms with Crippen LogP contribution in [-0.4, -0.2) is 6.10 Å². The molecule has 0 saturated heterocycles. The van der Waals surface area contributed by atoms with Crippen LogP contribution in [0.5, 0.6) is 5.75 Å². The summed E-state index contributed by atoms with van der Waals surface area (Å²) in [6, 6.07) is 14.9. The highest BCUT2D eigenvalue weighted by molar-refractivity contribution is 5.66. The van der Waals surface area contributed by atoms with Crippen LogP contribution in [0.25, 0.3) is 11.1 Å². The van der Waals surface area contributed by atoms with E-state index in [4.69, 9.17) is 4.74 Å². The van der Waals surface area contributed by atoms with E-state index in [1.807, 2.05) is 0 Å². The molecule has 2 aromatic carbocycles. The standard InChI is InChI=1S/C17H20O/c1-12(2)18-17-10-14(4)9-16(11-17)15-7-5-6-13(3)8-15/h5-12H,1-4H3. The van der Waals surface area contributed by atoms with Gasteiger partial charge in [0.1, 0.15) is 5.75 Å². The number of benzene rings is 2. The van der Waals surface area contributed by atoms with Crippen molar-refractivity contribution >= 4 is 0 Å². The molecule has 0 amide bonds. The van der Waals surface area contributed by atoms with Crippen LogP contribution in [0.4, 0.5) is 0 Å². The summed E-state index contributed by atoms with van der Waals surface area (Å²) in [5.74, 6) is 0.946. The second kappa shape index (κ2) is 5.26. The molecule has 0 aromatic heterocycles. The van der Waals surface area contributed by atoms with E-state index >= 15 is 0 Å². The van der Waals surface area contributed by atoms with E-state index in [1.165, 1.54) is 22.3 Å². The van der Waals surface area contributed by atoms with Gasteiger partial charge in [0.15, 0.2) is 0 Å². The smallest absolute Gasteiger partial charge is 0.120 e. The number of aryl methyl sites for hydroxylation is 2. The quantitative estimate of drug-likeness (QED) is 0.751. The van der Waals surface area contributed by atoms with Gasteiger partial charge in [-0.05, 0) is 56.5 Å². The molecule has 0 unspecified atom stereocenters. The van der Waals surface area contributed by atoms with Gasteiger partial charge in [-0.15, -0.1) is 0 Å². The molecule has 2 rings (SSSR count). The average Bonchev–Trinajstić information content (AvgIpc) is 2.27. The molecule has 0 heterocycles. The highest BCUT2D eigenvalue weighted by atomic mass is 16.5. The van der Waals surface area contributed by atoms with Crippen LogP contribution in [-0.2, 0) is 0 Å². The van der Waals surface area contributed by atoms with E-state index < -0.39 is 0 Å². The zero-order chi connectivity index (χ0) is 13.1. The number of hydrogen-bond acceptors (Lipinski definition) is 1. The second-order valence-electron chi connectivity index (χ2n) is 5.07. The summed E-state index contributed by atoms with van der Waals surface area (Å²) in [4.78, 5) is 0. The van der Waals surface area contributed by atoms with Gasteiger partial charge in [0.05, 0.1) is 6.10 Å². The highest BCUT2D eigenvalue weighted by Gasteiger charge is 2.04. The molecule has 0 fully saturated rings. The van der Waals surface area contributed by atoms with Crippen molar-refractivity contribution in [3.63, 3.8) is 0 Å². The van der Waals surface area contributed by atoms with Crippen LogP contribution in [0, 0.1) is 13.8 Å². The van der Waals surface area contributed by atoms with E-state index in [0.717, 1.165) is 5.75 Å². The first-order valence-corrected chi connectivity index (χ1v) is 6.40. The Bertz CT molecular complexity index is 541. The van der Waals surface area contributed by atoms with Gasteiger partial charge in [-0.2, -0.15) is 0 Å². The molecule has 1 heteroatoms. The summed E-state index contributed by atoms with van der Waals surface area (Å²) in [6.45, 7) is 8.32. The highest BCUT2D eigenvalue weighted by Crippen LogP contribution is 2.27. The zero-order valence-corrected chi connectivity index (χ0v) is 11.5. The van der Waals surface area contributed by atoms with Crippen molar-refractivity contribution in [3.8, 4) is 16.9 Å². The maximum atomic E-state index is 5.79. The second-order valence-corrected chi connectivity index (χ2v) is 5.07. The molecule has 94 valence electrons. The predicted molar refractivity (Wildman–Crippen MR) is 77.1 cm³/mol. The first-order valence-electron chi connectivity index (χ1n) is 6.40. The van der Waals surface area contributed by atoms with Crippen molar-refractivity contribution in [1.82, 2.24) is 0 Å². The van der Waals surface area contributed by atoms with Crippen molar-refractivity contribution < 1.29 is 4.74 Å². The lowest BCUT2D eigenvalue weighted by molar-refractivity contribution is 0.242. The van der Waals surface area contributed by atoms with Gasteiger partial charge < -0.3 is 4.74 Å². The van der Waals surface area contributed by atoms with Gasteiger partial charge in [0.25, 0.3) is 0 Å². The topological polar surface area (TPSA) is 9.23 Å². The van der Waals surface area contributed by atoms with Crippen molar-refractivity contribution in [2.24, 2.45) is 0 Å². The lowest BCUT2D eigenvalue weighted by Crippen LogP contribution is -2.05. The fourth-order valence-corrected chi connectivity index (χ4v) is 2.08. The molecule has 0 atom stereocenters. The Morgan fingerprint density at radius 3 is 2.22 bits per heavy atom. The molecule has 0 saturated carbocycles. The molecule has 0 radical (unpaired) electrons. The summed E-state index contributed by atoms with van der Waals surface area (Å²) in [6.07, 6.45) is 0.206. The average molecular weight is 240 g/mol. The Balaban J connectivity index is 2.41. The van der Waals surface area contributed by atoms with Gasteiger partial charge in [-0.25, -0.2) is 0 Å². The Kier molecular flexibility index (Phi) is 3.71. The summed E-state index contributed by atoms with van der Waals surface area (Å²) >= 11 is 0. The molecule has 0 aliphatic carbocycles. The van der Waals surface area contributed by atoms with Crippen molar-refractivity contribution in [3.05, 3.63) is 53.6 Å². The van der Waals surface area contributed by atoms with Crippen molar-refractivity contribution in [1.29, 1.82) is 0 Å². The van der Waals surface area contributed by atoms with Crippen LogP contribution in [0.15, 0.2) is 42.5 Å². The van der Waals surface area contributed by atoms with E-state index in [1.54, 1.807) is 0 Å². The number of rotatable bonds is 3. The largest absolute Gasteiger partial charge is 0.491 e. The van der Waals surface area contributed by atoms with Crippen LogP contribution < -0.4 is 4.74 Å². The van der Waals surface area contributed by atoms with Gasteiger partial charge in [-0.3, -0.25) is 0 Å². The summed E-state index contributed by atoms with van der Waals surface area (Å²) in [5, 5.41) is 0. The third-order valence-corrected chi connectivity index (χ3v) is 2.77. The SMILES string of the molecule is Cc1cccc(-c2cc(C)cc(OC(C)C)c2)c1. The summed E-state index contributed by atoms with van der Waals surface area (Å²) in [7, 11) is 0. The third kappa shape index (κ3) is 3.13. The first kappa shape index (κ1) is 12.7. The Morgan fingerprint density at radius 1 is 0.833 bits per heavy atom. The molecule has 2 aromatic rings. The molecule has 18 heavy (non-hydrogen) atoms. The fourth-order valence-electron chi connectivity index (χ4n) is 2.08. The van der Waals surface area contributed by atoms with E-state index in [0.29, 0.717) is 0 Å². The fraction of sp³-hybridized carbons (Fsp3) is 0.294. The lowest BCUT2D eigenvalue weighted by atomic mass is 10.0. The minimum atomic E-state index is 0.206. The number of ether oxygens (including phenoxy) is 1. The van der Waals surface area contributed by atoms with Crippen LogP contribution in [0.1, 0.15) is 25.0 Å². The van der Waals surface area contributed by atoms with Gasteiger partial charge >= 0.3 is 0 Å². The molecular weight excluding hydrogens is 220 g/mol. The van der Waals surface area contributed by atoms with Gasteiger partial charge in [0.2, 0.25) is 0 Å². The molecule has 0 spiro atoms. The Labute approximate surface area is 109 Å². The summed E-state index contributed by atoms with van der Waals surface area (Å²) < 4.78 is 5.79. The van der Waals surface area contributed by atoms with Crippen LogP contribution in [0.2, 0.25) is 0 Å². The lowest BCUT2D eigenvalue weighted by Gasteiger charge is -2.12. The molecule has 0 aliphatic rings. The maximum Gasteiger partial charge on any atom is 0.120 e. The van der Waals surface area contributed by atoms with Crippen LogP contribution >= 0.6 is 0 Å². The summed E-state index contributed by atoms with van der Waals surface area (Å²) in [5.41, 5.74) is 4.96. The molecule has 0 aliphatic heterocycles. The van der Waals surface area contributed by atoms with Crippen LogP contribution in [0.3, 0.4) is 0 Å². The molecular formula is C17H20O. The molecule has 0 bridgehead atoms. The van der Waals surface area contributed by atoms with E-state index in [2.05, 4.69) is 70.2 Å². The monoisotopic (exact) mass is 240 g/mol. The molecule has 1 nitrogen and oxygen atoms in total. The Hall–Kier alpha value is -1.76. The van der Waals surface area contributed by atoms with E-state index in [-0.39, 0.29) is 6.10 Å². The minimum Gasteiger partial charge on any atom is -0.491 e. The maximum absolute atomic E-state index is 5.79. The zero-order valence-electron chi connectivity index (χ0n) is 11.5. The van der Waals surface area contributed by atoms with E-state index in [9.17, 15) is 0 Å². The molecule has 0 N–H and O–H groups in total. The van der Waals surface area contributed by atoms with Crippen molar-refractivity contribution in [2.45, 2.75) is 33.8 Å². The first-order chi connectivity index (χ1) is 8.54. The predicted octanol–water partition coefficient (Wildman–Crippen LogP) is 4.76. The van der Waals surface area contributed by atoms with Gasteiger partial charge in [-0.1, -0.05) is 35.9 Å². The minimum absolute atomic E-state index is 0.206. The third-order valence-electron chi connectivity index (χ3n) is 2.77. The number of hydrogen-bond donors (Lipinski definition) is 0.